The van der Waals surface area contributed by atoms with Gasteiger partial charge in [0.15, 0.2) is 6.67 Å². The van der Waals surface area contributed by atoms with E-state index in [1.54, 1.807) is 16.5 Å². The van der Waals surface area contributed by atoms with Crippen LogP contribution in [0.15, 0.2) is 42.5 Å². The summed E-state index contributed by atoms with van der Waals surface area (Å²) in [7, 11) is 3.79. The Labute approximate surface area is 158 Å². The maximum atomic E-state index is 5.58. The quantitative estimate of drug-likeness (QED) is 0.675. The van der Waals surface area contributed by atoms with Gasteiger partial charge in [-0.15, -0.1) is 0 Å². The minimum absolute atomic E-state index is 0.601. The topological polar surface area (TPSA) is 49.3 Å². The first-order valence-corrected chi connectivity index (χ1v) is 8.93. The molecule has 0 fully saturated rings. The lowest BCUT2D eigenvalue weighted by Gasteiger charge is -2.13. The molecular formula is C19H24N5OS+. The van der Waals surface area contributed by atoms with Gasteiger partial charge in [0, 0.05) is 5.56 Å². The van der Waals surface area contributed by atoms with Gasteiger partial charge in [-0.3, -0.25) is 0 Å². The molecular weight excluding hydrogens is 346 g/mol. The van der Waals surface area contributed by atoms with Crippen molar-refractivity contribution in [2.45, 2.75) is 27.1 Å². The molecule has 0 amide bonds. The molecule has 7 heteroatoms. The number of nitrogens with zero attached hydrogens (tertiary/aromatic N) is 4. The highest BCUT2D eigenvalue weighted by Gasteiger charge is 2.11. The largest absolute Gasteiger partial charge is 0.497 e. The van der Waals surface area contributed by atoms with Gasteiger partial charge in [0.25, 0.3) is 0 Å². The molecule has 0 radical (unpaired) electrons. The summed E-state index contributed by atoms with van der Waals surface area (Å²) < 4.78 is 9.29. The summed E-state index contributed by atoms with van der Waals surface area (Å²) in [6.07, 6.45) is 0. The van der Waals surface area contributed by atoms with Crippen LogP contribution in [-0.4, -0.2) is 33.9 Å². The van der Waals surface area contributed by atoms with Crippen molar-refractivity contribution in [1.29, 1.82) is 0 Å². The van der Waals surface area contributed by atoms with Crippen molar-refractivity contribution in [2.24, 2.45) is 0 Å². The minimum atomic E-state index is 0.601. The normalized spacial score (nSPS) is 12.2. The number of hydrogen-bond donors (Lipinski definition) is 1. The zero-order valence-electron chi connectivity index (χ0n) is 15.6. The Morgan fingerprint density at radius 3 is 2.31 bits per heavy atom. The lowest BCUT2D eigenvalue weighted by Crippen LogP contribution is -3.07. The van der Waals surface area contributed by atoms with Crippen molar-refractivity contribution in [3.05, 3.63) is 63.9 Å². The molecule has 0 saturated carbocycles. The van der Waals surface area contributed by atoms with E-state index in [0.29, 0.717) is 11.4 Å². The number of benzene rings is 2. The van der Waals surface area contributed by atoms with Crippen molar-refractivity contribution in [1.82, 2.24) is 19.8 Å². The maximum Gasteiger partial charge on any atom is 0.225 e. The van der Waals surface area contributed by atoms with E-state index < -0.39 is 0 Å². The number of quaternary nitrogens is 1. The molecule has 2 aromatic carbocycles. The van der Waals surface area contributed by atoms with Crippen LogP contribution in [0.25, 0.3) is 5.69 Å². The molecule has 6 nitrogen and oxygen atoms in total. The first kappa shape index (κ1) is 18.3. The van der Waals surface area contributed by atoms with E-state index in [1.165, 1.54) is 21.6 Å². The standard InChI is InChI=1S/C19H23N5OS/c1-14-9-15(2)11-17(10-14)24-19(26)23(20-21-24)13-22(3)12-16-5-7-18(25-4)8-6-16/h5-11H,12-13H2,1-4H3/p+1. The molecule has 3 aromatic rings. The van der Waals surface area contributed by atoms with Crippen LogP contribution in [0.4, 0.5) is 0 Å². The SMILES string of the molecule is COc1ccc(C[NH+](C)Cn2nnn(-c3cc(C)cc(C)c3)c2=S)cc1. The Hall–Kier alpha value is -2.51. The number of hydrogen-bond acceptors (Lipinski definition) is 4. The van der Waals surface area contributed by atoms with E-state index in [-0.39, 0.29) is 0 Å². The van der Waals surface area contributed by atoms with E-state index in [2.05, 4.69) is 61.7 Å². The van der Waals surface area contributed by atoms with Crippen LogP contribution in [-0.2, 0) is 13.2 Å². The molecule has 1 N–H and O–H groups in total. The fourth-order valence-electron chi connectivity index (χ4n) is 3.01. The highest BCUT2D eigenvalue weighted by Crippen LogP contribution is 2.13. The predicted octanol–water partition coefficient (Wildman–Crippen LogP) is 2.10. The summed E-state index contributed by atoms with van der Waals surface area (Å²) >= 11 is 5.58. The molecule has 26 heavy (non-hydrogen) atoms. The molecule has 3 rings (SSSR count). The van der Waals surface area contributed by atoms with Crippen molar-refractivity contribution >= 4 is 12.2 Å². The third-order valence-electron chi connectivity index (χ3n) is 4.18. The number of aromatic nitrogens is 4. The molecule has 1 aromatic heterocycles. The average Bonchev–Trinajstić information content (AvgIpc) is 2.95. The first-order valence-electron chi connectivity index (χ1n) is 8.52. The summed E-state index contributed by atoms with van der Waals surface area (Å²) in [4.78, 5) is 1.26. The summed E-state index contributed by atoms with van der Waals surface area (Å²) in [5.74, 6) is 0.866. The third kappa shape index (κ3) is 4.17. The summed E-state index contributed by atoms with van der Waals surface area (Å²) in [5, 5.41) is 8.49. The van der Waals surface area contributed by atoms with Gasteiger partial charge in [0.05, 0.1) is 19.8 Å². The monoisotopic (exact) mass is 370 g/mol. The van der Waals surface area contributed by atoms with Crippen molar-refractivity contribution in [2.75, 3.05) is 14.2 Å². The Morgan fingerprint density at radius 1 is 1.04 bits per heavy atom. The summed E-state index contributed by atoms with van der Waals surface area (Å²) in [6, 6.07) is 14.4. The highest BCUT2D eigenvalue weighted by molar-refractivity contribution is 7.71. The van der Waals surface area contributed by atoms with Crippen LogP contribution in [0.3, 0.4) is 0 Å². The second kappa shape index (κ2) is 7.80. The predicted molar refractivity (Wildman–Crippen MR) is 103 cm³/mol. The molecule has 0 aliphatic heterocycles. The Balaban J connectivity index is 1.74. The first-order chi connectivity index (χ1) is 12.5. The average molecular weight is 371 g/mol. The van der Waals surface area contributed by atoms with Gasteiger partial charge in [-0.05, 0) is 84.0 Å². The van der Waals surface area contributed by atoms with E-state index >= 15 is 0 Å². The van der Waals surface area contributed by atoms with Crippen LogP contribution in [0.5, 0.6) is 5.75 Å². The number of ether oxygens (including phenoxy) is 1. The molecule has 0 aliphatic carbocycles. The maximum absolute atomic E-state index is 5.58. The van der Waals surface area contributed by atoms with E-state index in [9.17, 15) is 0 Å². The third-order valence-corrected chi connectivity index (χ3v) is 4.56. The van der Waals surface area contributed by atoms with Crippen molar-refractivity contribution < 1.29 is 9.64 Å². The van der Waals surface area contributed by atoms with Gasteiger partial charge in [0.1, 0.15) is 12.3 Å². The van der Waals surface area contributed by atoms with Gasteiger partial charge in [-0.2, -0.15) is 9.36 Å². The Morgan fingerprint density at radius 2 is 1.69 bits per heavy atom. The van der Waals surface area contributed by atoms with Gasteiger partial charge < -0.3 is 9.64 Å². The van der Waals surface area contributed by atoms with Crippen molar-refractivity contribution in [3.8, 4) is 11.4 Å². The van der Waals surface area contributed by atoms with Crippen LogP contribution < -0.4 is 9.64 Å². The smallest absolute Gasteiger partial charge is 0.225 e. The molecule has 136 valence electrons. The second-order valence-electron chi connectivity index (χ2n) is 6.66. The number of aryl methyl sites for hydroxylation is 2. The lowest BCUT2D eigenvalue weighted by atomic mass is 10.1. The van der Waals surface area contributed by atoms with Gasteiger partial charge in [-0.1, -0.05) is 6.07 Å². The molecule has 1 heterocycles. The van der Waals surface area contributed by atoms with Crippen LogP contribution >= 0.6 is 12.2 Å². The van der Waals surface area contributed by atoms with Crippen LogP contribution in [0.2, 0.25) is 0 Å². The molecule has 1 unspecified atom stereocenters. The van der Waals surface area contributed by atoms with Crippen LogP contribution in [0, 0.1) is 18.6 Å². The molecule has 0 saturated heterocycles. The number of tetrazole rings is 1. The summed E-state index contributed by atoms with van der Waals surface area (Å²) in [6.45, 7) is 5.65. The van der Waals surface area contributed by atoms with Gasteiger partial charge >= 0.3 is 0 Å². The fraction of sp³-hybridized carbons (Fsp3) is 0.316. The van der Waals surface area contributed by atoms with E-state index in [0.717, 1.165) is 18.0 Å². The minimum Gasteiger partial charge on any atom is -0.497 e. The van der Waals surface area contributed by atoms with Gasteiger partial charge in [0.2, 0.25) is 4.77 Å². The molecule has 1 atom stereocenters. The number of rotatable bonds is 6. The second-order valence-corrected chi connectivity index (χ2v) is 7.02. The molecule has 0 spiro atoms. The van der Waals surface area contributed by atoms with Crippen LogP contribution in [0.1, 0.15) is 16.7 Å². The van der Waals surface area contributed by atoms with Gasteiger partial charge in [-0.25, -0.2) is 0 Å². The van der Waals surface area contributed by atoms with E-state index in [1.807, 2.05) is 12.1 Å². The number of methoxy groups -OCH3 is 1. The zero-order valence-corrected chi connectivity index (χ0v) is 16.4. The summed E-state index contributed by atoms with van der Waals surface area (Å²) in [5.41, 5.74) is 4.54. The Kier molecular flexibility index (Phi) is 5.49. The highest BCUT2D eigenvalue weighted by atomic mass is 32.1. The molecule has 0 aliphatic rings. The lowest BCUT2D eigenvalue weighted by molar-refractivity contribution is -0.917. The number of nitrogens with one attached hydrogen (secondary N) is 1. The Bertz CT molecular complexity index is 925. The fourth-order valence-corrected chi connectivity index (χ4v) is 3.25. The van der Waals surface area contributed by atoms with Crippen molar-refractivity contribution in [3.63, 3.8) is 0 Å². The molecule has 0 bridgehead atoms. The zero-order chi connectivity index (χ0) is 18.7. The van der Waals surface area contributed by atoms with E-state index in [4.69, 9.17) is 17.0 Å².